The van der Waals surface area contributed by atoms with Crippen LogP contribution in [-0.2, 0) is 7.05 Å². The lowest BCUT2D eigenvalue weighted by Gasteiger charge is -2.17. The van der Waals surface area contributed by atoms with E-state index in [2.05, 4.69) is 15.4 Å². The molecular weight excluding hydrogens is 272 g/mol. The first-order valence-electron chi connectivity index (χ1n) is 6.97. The molecule has 0 aromatic carbocycles. The van der Waals surface area contributed by atoms with Crippen LogP contribution >= 0.6 is 0 Å². The van der Waals surface area contributed by atoms with Crippen LogP contribution in [0.15, 0.2) is 12.4 Å². The fourth-order valence-electron chi connectivity index (χ4n) is 2.33. The minimum Gasteiger partial charge on any atom is -0.478 e. The molecule has 2 heterocycles. The number of rotatable bonds is 7. The summed E-state index contributed by atoms with van der Waals surface area (Å²) in [6.07, 6.45) is 4.57. The number of nitrogens with one attached hydrogen (secondary N) is 1. The number of pyridine rings is 1. The normalized spacial score (nSPS) is 12.5. The summed E-state index contributed by atoms with van der Waals surface area (Å²) >= 11 is 0. The van der Waals surface area contributed by atoms with Gasteiger partial charge in [0.25, 0.3) is 0 Å². The molecule has 0 aliphatic carbocycles. The van der Waals surface area contributed by atoms with Crippen LogP contribution < -0.4 is 5.32 Å². The molecule has 1 atom stereocenters. The highest BCUT2D eigenvalue weighted by molar-refractivity contribution is 6.03. The van der Waals surface area contributed by atoms with Gasteiger partial charge in [0.2, 0.25) is 0 Å². The molecule has 0 aliphatic rings. The highest BCUT2D eigenvalue weighted by Gasteiger charge is 2.17. The van der Waals surface area contributed by atoms with Crippen LogP contribution in [0.1, 0.15) is 30.1 Å². The van der Waals surface area contributed by atoms with Gasteiger partial charge in [-0.1, -0.05) is 13.3 Å². The molecule has 7 heteroatoms. The number of aliphatic hydroxyl groups excluding tert-OH is 1. The molecule has 3 N–H and O–H groups in total. The number of fused-ring (bicyclic) bond motifs is 1. The second-order valence-electron chi connectivity index (χ2n) is 5.02. The molecule has 1 unspecified atom stereocenters. The van der Waals surface area contributed by atoms with Gasteiger partial charge >= 0.3 is 5.97 Å². The number of aryl methyl sites for hydroxylation is 1. The van der Waals surface area contributed by atoms with Crippen molar-refractivity contribution >= 4 is 22.7 Å². The van der Waals surface area contributed by atoms with Crippen LogP contribution in [-0.4, -0.2) is 44.1 Å². The summed E-state index contributed by atoms with van der Waals surface area (Å²) in [6.45, 7) is 2.78. The van der Waals surface area contributed by atoms with Gasteiger partial charge in [0, 0.05) is 26.4 Å². The highest BCUT2D eigenvalue weighted by atomic mass is 16.4. The molecule has 0 amide bonds. The Morgan fingerprint density at radius 2 is 2.24 bits per heavy atom. The standard InChI is InChI=1S/C14H20N4O3/c1-3-9(4-5-19)6-15-12-10-8-17-18(2)13(10)16-7-11(12)14(20)21/h7-9,19H,3-6H2,1-2H3,(H,15,16)(H,20,21). The summed E-state index contributed by atoms with van der Waals surface area (Å²) in [7, 11) is 1.76. The van der Waals surface area contributed by atoms with Gasteiger partial charge in [0.1, 0.15) is 5.56 Å². The lowest BCUT2D eigenvalue weighted by molar-refractivity contribution is 0.0697. The molecular formula is C14H20N4O3. The molecule has 0 spiro atoms. The van der Waals surface area contributed by atoms with Crippen molar-refractivity contribution in [1.82, 2.24) is 14.8 Å². The minimum absolute atomic E-state index is 0.130. The van der Waals surface area contributed by atoms with Crippen molar-refractivity contribution in [3.63, 3.8) is 0 Å². The largest absolute Gasteiger partial charge is 0.478 e. The van der Waals surface area contributed by atoms with Gasteiger partial charge in [0.15, 0.2) is 5.65 Å². The molecule has 2 rings (SSSR count). The fraction of sp³-hybridized carbons (Fsp3) is 0.500. The van der Waals surface area contributed by atoms with Gasteiger partial charge in [-0.15, -0.1) is 0 Å². The third kappa shape index (κ3) is 3.13. The first-order chi connectivity index (χ1) is 10.1. The predicted octanol–water partition coefficient (Wildman–Crippen LogP) is 1.49. The zero-order chi connectivity index (χ0) is 15.4. The van der Waals surface area contributed by atoms with E-state index in [0.717, 1.165) is 6.42 Å². The lowest BCUT2D eigenvalue weighted by atomic mass is 10.0. The molecule has 7 nitrogen and oxygen atoms in total. The maximum atomic E-state index is 11.4. The van der Waals surface area contributed by atoms with Gasteiger partial charge in [0.05, 0.1) is 17.3 Å². The Morgan fingerprint density at radius 3 is 2.86 bits per heavy atom. The van der Waals surface area contributed by atoms with Gasteiger partial charge in [-0.3, -0.25) is 4.68 Å². The summed E-state index contributed by atoms with van der Waals surface area (Å²) in [4.78, 5) is 15.5. The molecule has 2 aromatic rings. The number of aliphatic hydroxyl groups is 1. The smallest absolute Gasteiger partial charge is 0.339 e. The van der Waals surface area contributed by atoms with E-state index in [0.29, 0.717) is 29.7 Å². The van der Waals surface area contributed by atoms with Gasteiger partial charge in [-0.25, -0.2) is 9.78 Å². The zero-order valence-electron chi connectivity index (χ0n) is 12.2. The van der Waals surface area contributed by atoms with Crippen LogP contribution in [0.25, 0.3) is 11.0 Å². The first-order valence-corrected chi connectivity index (χ1v) is 6.97. The number of hydrogen-bond acceptors (Lipinski definition) is 5. The SMILES string of the molecule is CCC(CCO)CNc1c(C(=O)O)cnc2c1cnn2C. The Morgan fingerprint density at radius 1 is 1.48 bits per heavy atom. The predicted molar refractivity (Wildman–Crippen MR) is 79.4 cm³/mol. The summed E-state index contributed by atoms with van der Waals surface area (Å²) in [6, 6.07) is 0. The molecule has 0 aliphatic heterocycles. The van der Waals surface area contributed by atoms with Crippen LogP contribution in [0.5, 0.6) is 0 Å². The summed E-state index contributed by atoms with van der Waals surface area (Å²) in [5.41, 5.74) is 1.31. The van der Waals surface area contributed by atoms with Crippen molar-refractivity contribution in [3.8, 4) is 0 Å². The van der Waals surface area contributed by atoms with E-state index >= 15 is 0 Å². The number of aromatic carboxylic acids is 1. The quantitative estimate of drug-likeness (QED) is 0.715. The number of nitrogens with zero attached hydrogens (tertiary/aromatic N) is 3. The summed E-state index contributed by atoms with van der Waals surface area (Å²) in [5, 5.41) is 26.4. The lowest BCUT2D eigenvalue weighted by Crippen LogP contribution is -2.17. The molecule has 2 aromatic heterocycles. The second kappa shape index (κ2) is 6.53. The molecule has 114 valence electrons. The molecule has 0 radical (unpaired) electrons. The third-order valence-electron chi connectivity index (χ3n) is 3.67. The molecule has 21 heavy (non-hydrogen) atoms. The van der Waals surface area contributed by atoms with Gasteiger partial charge in [-0.2, -0.15) is 5.10 Å². The van der Waals surface area contributed by atoms with Gasteiger partial charge < -0.3 is 15.5 Å². The fourth-order valence-corrected chi connectivity index (χ4v) is 2.33. The Kier molecular flexibility index (Phi) is 4.74. The number of anilines is 1. The monoisotopic (exact) mass is 292 g/mol. The van der Waals surface area contributed by atoms with Crippen molar-refractivity contribution in [2.24, 2.45) is 13.0 Å². The topological polar surface area (TPSA) is 100 Å². The number of carboxylic acid groups (broad SMARTS) is 1. The molecule has 0 bridgehead atoms. The number of hydrogen-bond donors (Lipinski definition) is 3. The number of aromatic nitrogens is 3. The summed E-state index contributed by atoms with van der Waals surface area (Å²) < 4.78 is 1.61. The van der Waals surface area contributed by atoms with Crippen LogP contribution in [0.4, 0.5) is 5.69 Å². The average Bonchev–Trinajstić information content (AvgIpc) is 2.84. The number of carbonyl (C=O) groups is 1. The van der Waals surface area contributed by atoms with Crippen molar-refractivity contribution in [2.75, 3.05) is 18.5 Å². The Bertz CT molecular complexity index is 638. The Balaban J connectivity index is 2.35. The van der Waals surface area contributed by atoms with Crippen LogP contribution in [0, 0.1) is 5.92 Å². The third-order valence-corrected chi connectivity index (χ3v) is 3.67. The van der Waals surface area contributed by atoms with Crippen LogP contribution in [0.3, 0.4) is 0 Å². The minimum atomic E-state index is -1.02. The van der Waals surface area contributed by atoms with E-state index in [1.165, 1.54) is 6.20 Å². The maximum absolute atomic E-state index is 11.4. The Hall–Kier alpha value is -2.15. The van der Waals surface area contributed by atoms with Gasteiger partial charge in [-0.05, 0) is 12.3 Å². The van der Waals surface area contributed by atoms with E-state index in [-0.39, 0.29) is 18.1 Å². The average molecular weight is 292 g/mol. The van der Waals surface area contributed by atoms with E-state index in [1.54, 1.807) is 17.9 Å². The summed E-state index contributed by atoms with van der Waals surface area (Å²) in [5.74, 6) is -0.734. The Labute approximate surface area is 122 Å². The second-order valence-corrected chi connectivity index (χ2v) is 5.02. The van der Waals surface area contributed by atoms with E-state index in [9.17, 15) is 9.90 Å². The first kappa shape index (κ1) is 15.2. The molecule has 0 saturated carbocycles. The van der Waals surface area contributed by atoms with Crippen molar-refractivity contribution < 1.29 is 15.0 Å². The maximum Gasteiger partial charge on any atom is 0.339 e. The van der Waals surface area contributed by atoms with E-state index in [4.69, 9.17) is 5.11 Å². The van der Waals surface area contributed by atoms with Crippen molar-refractivity contribution in [1.29, 1.82) is 0 Å². The zero-order valence-corrected chi connectivity index (χ0v) is 12.2. The van der Waals surface area contributed by atoms with E-state index < -0.39 is 5.97 Å². The highest BCUT2D eigenvalue weighted by Crippen LogP contribution is 2.26. The van der Waals surface area contributed by atoms with E-state index in [1.807, 2.05) is 6.92 Å². The van der Waals surface area contributed by atoms with Crippen molar-refractivity contribution in [2.45, 2.75) is 19.8 Å². The van der Waals surface area contributed by atoms with Crippen molar-refractivity contribution in [3.05, 3.63) is 18.0 Å². The van der Waals surface area contributed by atoms with Crippen LogP contribution in [0.2, 0.25) is 0 Å². The number of carboxylic acids is 1. The molecule has 0 saturated heterocycles. The molecule has 0 fully saturated rings.